The largest absolute Gasteiger partial charge is 0.481 e. The molecule has 0 aliphatic heterocycles. The number of urea groups is 1. The van der Waals surface area contributed by atoms with Crippen LogP contribution in [0.15, 0.2) is 24.3 Å². The molecule has 0 aromatic heterocycles. The molecule has 1 rings (SSSR count). The van der Waals surface area contributed by atoms with Crippen LogP contribution in [0.2, 0.25) is 0 Å². The Bertz CT molecular complexity index is 465. The van der Waals surface area contributed by atoms with Gasteiger partial charge in [-0.15, -0.1) is 0 Å². The lowest BCUT2D eigenvalue weighted by Gasteiger charge is -2.19. The molecule has 1 aromatic carbocycles. The van der Waals surface area contributed by atoms with E-state index < -0.39 is 17.8 Å². The van der Waals surface area contributed by atoms with Crippen molar-refractivity contribution < 1.29 is 19.1 Å². The van der Waals surface area contributed by atoms with Crippen LogP contribution in [0.4, 0.5) is 14.9 Å². The quantitative estimate of drug-likeness (QED) is 0.859. The summed E-state index contributed by atoms with van der Waals surface area (Å²) in [7, 11) is 1.52. The number of nitrogens with zero attached hydrogens (tertiary/aromatic N) is 1. The number of aliphatic carboxylic acids is 1. The third kappa shape index (κ3) is 4.95. The van der Waals surface area contributed by atoms with Crippen LogP contribution in [0.1, 0.15) is 13.3 Å². The van der Waals surface area contributed by atoms with Crippen molar-refractivity contribution in [3.63, 3.8) is 0 Å². The lowest BCUT2D eigenvalue weighted by atomic mass is 10.1. The number of hydrogen-bond donors (Lipinski definition) is 2. The first kappa shape index (κ1) is 14.9. The number of anilines is 1. The van der Waals surface area contributed by atoms with Gasteiger partial charge in [0.25, 0.3) is 0 Å². The predicted octanol–water partition coefficient (Wildman–Crippen LogP) is 2.08. The number of amides is 2. The van der Waals surface area contributed by atoms with Crippen molar-refractivity contribution in [1.82, 2.24) is 5.32 Å². The standard InChI is InChI=1S/C13H17FN2O3/c1-9(6-12(17)18)8-15-13(19)16(2)11-5-3-4-10(14)7-11/h3-5,7,9H,6,8H2,1-2H3,(H,15,19)(H,17,18). The summed E-state index contributed by atoms with van der Waals surface area (Å²) in [5.41, 5.74) is 0.434. The maximum Gasteiger partial charge on any atom is 0.321 e. The van der Waals surface area contributed by atoms with Gasteiger partial charge >= 0.3 is 12.0 Å². The minimum Gasteiger partial charge on any atom is -0.481 e. The van der Waals surface area contributed by atoms with Crippen molar-refractivity contribution in [2.75, 3.05) is 18.5 Å². The number of hydrogen-bond acceptors (Lipinski definition) is 2. The van der Waals surface area contributed by atoms with Gasteiger partial charge in [-0.3, -0.25) is 9.69 Å². The van der Waals surface area contributed by atoms with Crippen molar-refractivity contribution >= 4 is 17.7 Å². The van der Waals surface area contributed by atoms with Gasteiger partial charge in [-0.05, 0) is 24.1 Å². The number of carboxylic acid groups (broad SMARTS) is 1. The van der Waals surface area contributed by atoms with Gasteiger partial charge in [-0.25, -0.2) is 9.18 Å². The monoisotopic (exact) mass is 268 g/mol. The molecule has 104 valence electrons. The molecule has 0 radical (unpaired) electrons. The van der Waals surface area contributed by atoms with Crippen LogP contribution in [0.25, 0.3) is 0 Å². The summed E-state index contributed by atoms with van der Waals surface area (Å²) in [4.78, 5) is 23.5. The van der Waals surface area contributed by atoms with Crippen LogP contribution in [-0.2, 0) is 4.79 Å². The van der Waals surface area contributed by atoms with Crippen LogP contribution in [0.5, 0.6) is 0 Å². The molecule has 0 saturated carbocycles. The van der Waals surface area contributed by atoms with Crippen LogP contribution in [0.3, 0.4) is 0 Å². The second-order valence-electron chi connectivity index (χ2n) is 4.43. The molecule has 1 atom stereocenters. The molecule has 0 aliphatic carbocycles. The zero-order valence-electron chi connectivity index (χ0n) is 10.9. The minimum absolute atomic E-state index is 0.00996. The van der Waals surface area contributed by atoms with Gasteiger partial charge in [0.05, 0.1) is 0 Å². The van der Waals surface area contributed by atoms with E-state index in [2.05, 4.69) is 5.32 Å². The van der Waals surface area contributed by atoms with E-state index in [1.54, 1.807) is 13.0 Å². The van der Waals surface area contributed by atoms with E-state index in [4.69, 9.17) is 5.11 Å². The predicted molar refractivity (Wildman–Crippen MR) is 69.6 cm³/mol. The molecule has 1 unspecified atom stereocenters. The molecular weight excluding hydrogens is 251 g/mol. The van der Waals surface area contributed by atoms with E-state index >= 15 is 0 Å². The van der Waals surface area contributed by atoms with Gasteiger partial charge < -0.3 is 10.4 Å². The Morgan fingerprint density at radius 2 is 2.16 bits per heavy atom. The van der Waals surface area contributed by atoms with E-state index in [1.165, 1.54) is 30.1 Å². The Morgan fingerprint density at radius 1 is 1.47 bits per heavy atom. The molecule has 2 amide bonds. The Labute approximate surface area is 111 Å². The molecule has 0 bridgehead atoms. The average Bonchev–Trinajstić information content (AvgIpc) is 2.34. The first-order chi connectivity index (χ1) is 8.90. The normalized spacial score (nSPS) is 11.7. The molecule has 0 fully saturated rings. The van der Waals surface area contributed by atoms with Crippen molar-refractivity contribution in [2.24, 2.45) is 5.92 Å². The van der Waals surface area contributed by atoms with E-state index in [0.717, 1.165) is 0 Å². The number of carbonyl (C=O) groups is 2. The third-order valence-corrected chi connectivity index (χ3v) is 2.62. The summed E-state index contributed by atoms with van der Waals surface area (Å²) in [6, 6.07) is 5.28. The second kappa shape index (κ2) is 6.72. The lowest BCUT2D eigenvalue weighted by Crippen LogP contribution is -2.39. The maximum absolute atomic E-state index is 13.0. The topological polar surface area (TPSA) is 69.6 Å². The Hall–Kier alpha value is -2.11. The zero-order chi connectivity index (χ0) is 14.4. The molecular formula is C13H17FN2O3. The number of rotatable bonds is 5. The summed E-state index contributed by atoms with van der Waals surface area (Å²) in [6.07, 6.45) is -0.00996. The van der Waals surface area contributed by atoms with E-state index in [1.807, 2.05) is 0 Å². The van der Waals surface area contributed by atoms with Gasteiger partial charge in [0, 0.05) is 25.7 Å². The number of nitrogens with one attached hydrogen (secondary N) is 1. The number of carbonyl (C=O) groups excluding carboxylic acids is 1. The van der Waals surface area contributed by atoms with E-state index in [9.17, 15) is 14.0 Å². The van der Waals surface area contributed by atoms with Crippen molar-refractivity contribution in [1.29, 1.82) is 0 Å². The molecule has 5 nitrogen and oxygen atoms in total. The fraction of sp³-hybridized carbons (Fsp3) is 0.385. The van der Waals surface area contributed by atoms with Crippen molar-refractivity contribution in [2.45, 2.75) is 13.3 Å². The first-order valence-corrected chi connectivity index (χ1v) is 5.89. The van der Waals surface area contributed by atoms with Gasteiger partial charge in [0.15, 0.2) is 0 Å². The summed E-state index contributed by atoms with van der Waals surface area (Å²) in [6.45, 7) is 1.99. The van der Waals surface area contributed by atoms with E-state index in [0.29, 0.717) is 5.69 Å². The first-order valence-electron chi connectivity index (χ1n) is 5.89. The average molecular weight is 268 g/mol. The molecule has 19 heavy (non-hydrogen) atoms. The molecule has 0 spiro atoms. The van der Waals surface area contributed by atoms with Gasteiger partial charge in [-0.2, -0.15) is 0 Å². The smallest absolute Gasteiger partial charge is 0.321 e. The highest BCUT2D eigenvalue weighted by molar-refractivity contribution is 5.91. The van der Waals surface area contributed by atoms with Crippen LogP contribution < -0.4 is 10.2 Å². The van der Waals surface area contributed by atoms with E-state index in [-0.39, 0.29) is 18.9 Å². The van der Waals surface area contributed by atoms with Crippen LogP contribution >= 0.6 is 0 Å². The summed E-state index contributed by atoms with van der Waals surface area (Å²) >= 11 is 0. The molecule has 1 aromatic rings. The highest BCUT2D eigenvalue weighted by atomic mass is 19.1. The minimum atomic E-state index is -0.903. The van der Waals surface area contributed by atoms with Gasteiger partial charge in [-0.1, -0.05) is 13.0 Å². The Kier molecular flexibility index (Phi) is 5.29. The fourth-order valence-electron chi connectivity index (χ4n) is 1.55. The van der Waals surface area contributed by atoms with Crippen LogP contribution in [-0.4, -0.2) is 30.7 Å². The number of halogens is 1. The van der Waals surface area contributed by atoms with Gasteiger partial charge in [0.1, 0.15) is 5.82 Å². The summed E-state index contributed by atoms with van der Waals surface area (Å²) in [5.74, 6) is -1.49. The third-order valence-electron chi connectivity index (χ3n) is 2.62. The molecule has 6 heteroatoms. The summed E-state index contributed by atoms with van der Waals surface area (Å²) in [5, 5.41) is 11.2. The lowest BCUT2D eigenvalue weighted by molar-refractivity contribution is -0.137. The maximum atomic E-state index is 13.0. The fourth-order valence-corrected chi connectivity index (χ4v) is 1.55. The highest BCUT2D eigenvalue weighted by Gasteiger charge is 2.13. The molecule has 0 aliphatic rings. The highest BCUT2D eigenvalue weighted by Crippen LogP contribution is 2.13. The molecule has 0 saturated heterocycles. The second-order valence-corrected chi connectivity index (χ2v) is 4.43. The van der Waals surface area contributed by atoms with Gasteiger partial charge in [0.2, 0.25) is 0 Å². The molecule has 2 N–H and O–H groups in total. The van der Waals surface area contributed by atoms with Crippen LogP contribution in [0, 0.1) is 11.7 Å². The SMILES string of the molecule is CC(CNC(=O)N(C)c1cccc(F)c1)CC(=O)O. The number of carboxylic acids is 1. The Balaban J connectivity index is 2.51. The van der Waals surface area contributed by atoms with Crippen molar-refractivity contribution in [3.05, 3.63) is 30.1 Å². The number of benzene rings is 1. The zero-order valence-corrected chi connectivity index (χ0v) is 10.9. The Morgan fingerprint density at radius 3 is 2.74 bits per heavy atom. The van der Waals surface area contributed by atoms with Crippen molar-refractivity contribution in [3.8, 4) is 0 Å². The summed E-state index contributed by atoms with van der Waals surface area (Å²) < 4.78 is 13.0. The molecule has 0 heterocycles.